The van der Waals surface area contributed by atoms with E-state index in [0.717, 1.165) is 40.0 Å². The van der Waals surface area contributed by atoms with E-state index in [0.29, 0.717) is 6.61 Å². The molecule has 2 aromatic carbocycles. The zero-order valence-corrected chi connectivity index (χ0v) is 15.7. The van der Waals surface area contributed by atoms with E-state index >= 15 is 0 Å². The van der Waals surface area contributed by atoms with E-state index < -0.39 is 0 Å². The van der Waals surface area contributed by atoms with Crippen LogP contribution >= 0.6 is 23.2 Å². The van der Waals surface area contributed by atoms with Crippen LogP contribution in [0.15, 0.2) is 42.5 Å². The molecule has 0 heterocycles. The summed E-state index contributed by atoms with van der Waals surface area (Å²) in [5, 5.41) is 4.93. The van der Waals surface area contributed by atoms with Crippen LogP contribution in [0.25, 0.3) is 0 Å². The summed E-state index contributed by atoms with van der Waals surface area (Å²) in [6.07, 6.45) is 5.03. The van der Waals surface area contributed by atoms with Gasteiger partial charge >= 0.3 is 0 Å². The maximum Gasteiger partial charge on any atom is 0.124 e. The molecule has 0 aromatic heterocycles. The zero-order chi connectivity index (χ0) is 17.2. The fourth-order valence-corrected chi connectivity index (χ4v) is 2.92. The van der Waals surface area contributed by atoms with Gasteiger partial charge in [0.05, 0.1) is 0 Å². The molecule has 0 amide bonds. The van der Waals surface area contributed by atoms with Gasteiger partial charge in [-0.2, -0.15) is 0 Å². The average Bonchev–Trinajstić information content (AvgIpc) is 2.57. The summed E-state index contributed by atoms with van der Waals surface area (Å²) in [6, 6.07) is 13.5. The summed E-state index contributed by atoms with van der Waals surface area (Å²) < 4.78 is 5.97. The summed E-state index contributed by atoms with van der Waals surface area (Å²) in [5.74, 6) is 0.862. The lowest BCUT2D eigenvalue weighted by Crippen LogP contribution is -2.15. The van der Waals surface area contributed by atoms with Crippen molar-refractivity contribution < 1.29 is 4.74 Å². The summed E-state index contributed by atoms with van der Waals surface area (Å²) in [6.45, 7) is 4.49. The summed E-state index contributed by atoms with van der Waals surface area (Å²) in [5.41, 5.74) is 2.14. The van der Waals surface area contributed by atoms with E-state index in [1.165, 1.54) is 25.7 Å². The van der Waals surface area contributed by atoms with Crippen molar-refractivity contribution in [1.82, 2.24) is 5.32 Å². The van der Waals surface area contributed by atoms with Crippen LogP contribution in [0.5, 0.6) is 5.75 Å². The first-order chi connectivity index (χ1) is 11.7. The first-order valence-corrected chi connectivity index (χ1v) is 9.31. The topological polar surface area (TPSA) is 21.3 Å². The number of hydrogen-bond acceptors (Lipinski definition) is 2. The van der Waals surface area contributed by atoms with Gasteiger partial charge in [-0.05, 0) is 48.9 Å². The van der Waals surface area contributed by atoms with Crippen LogP contribution in [-0.4, -0.2) is 6.54 Å². The molecule has 0 unspecified atom stereocenters. The van der Waals surface area contributed by atoms with Gasteiger partial charge in [-0.15, -0.1) is 0 Å². The summed E-state index contributed by atoms with van der Waals surface area (Å²) >= 11 is 12.2. The molecule has 130 valence electrons. The number of nitrogens with one attached hydrogen (secondary N) is 1. The lowest BCUT2D eigenvalue weighted by molar-refractivity contribution is 0.302. The highest BCUT2D eigenvalue weighted by Gasteiger charge is 2.06. The number of rotatable bonds is 10. The Morgan fingerprint density at radius 2 is 1.79 bits per heavy atom. The highest BCUT2D eigenvalue weighted by atomic mass is 35.5. The van der Waals surface area contributed by atoms with E-state index in [4.69, 9.17) is 27.9 Å². The van der Waals surface area contributed by atoms with Crippen molar-refractivity contribution in [2.24, 2.45) is 0 Å². The van der Waals surface area contributed by atoms with Crippen LogP contribution in [0, 0.1) is 0 Å². The molecule has 0 aliphatic carbocycles. The normalized spacial score (nSPS) is 10.8. The minimum Gasteiger partial charge on any atom is -0.489 e. The third kappa shape index (κ3) is 6.72. The fourth-order valence-electron chi connectivity index (χ4n) is 2.51. The molecule has 0 aliphatic heterocycles. The summed E-state index contributed by atoms with van der Waals surface area (Å²) in [4.78, 5) is 0. The number of ether oxygens (including phenoxy) is 1. The number of hydrogen-bond donors (Lipinski definition) is 1. The lowest BCUT2D eigenvalue weighted by Gasteiger charge is -2.13. The van der Waals surface area contributed by atoms with Gasteiger partial charge in [-0.25, -0.2) is 0 Å². The molecule has 0 radical (unpaired) electrons. The Morgan fingerprint density at radius 3 is 2.58 bits per heavy atom. The molecule has 0 aliphatic rings. The Labute approximate surface area is 155 Å². The Balaban J connectivity index is 1.89. The smallest absolute Gasteiger partial charge is 0.124 e. The van der Waals surface area contributed by atoms with Crippen LogP contribution < -0.4 is 10.1 Å². The van der Waals surface area contributed by atoms with E-state index in [1.54, 1.807) is 0 Å². The van der Waals surface area contributed by atoms with Crippen LogP contribution in [0.1, 0.15) is 43.7 Å². The SMILES string of the molecule is CCCCCCNCc1cc(Cl)ccc1OCc1cccc(Cl)c1. The minimum absolute atomic E-state index is 0.492. The molecule has 0 spiro atoms. The molecule has 1 N–H and O–H groups in total. The van der Waals surface area contributed by atoms with E-state index in [9.17, 15) is 0 Å². The first-order valence-electron chi connectivity index (χ1n) is 8.55. The van der Waals surface area contributed by atoms with Gasteiger partial charge in [0.25, 0.3) is 0 Å². The maximum atomic E-state index is 6.14. The highest BCUT2D eigenvalue weighted by Crippen LogP contribution is 2.24. The van der Waals surface area contributed by atoms with E-state index in [1.807, 2.05) is 42.5 Å². The molecule has 0 atom stereocenters. The molecular weight excluding hydrogens is 341 g/mol. The zero-order valence-electron chi connectivity index (χ0n) is 14.2. The highest BCUT2D eigenvalue weighted by molar-refractivity contribution is 6.30. The second-order valence-electron chi connectivity index (χ2n) is 5.91. The van der Waals surface area contributed by atoms with Gasteiger partial charge in [0.15, 0.2) is 0 Å². The molecule has 2 rings (SSSR count). The Kier molecular flexibility index (Phi) is 8.44. The first kappa shape index (κ1) is 19.1. The van der Waals surface area contributed by atoms with Crippen molar-refractivity contribution in [2.75, 3.05) is 6.54 Å². The molecular formula is C20H25Cl2NO. The Hall–Kier alpha value is -1.22. The molecule has 4 heteroatoms. The van der Waals surface area contributed by atoms with E-state index in [-0.39, 0.29) is 0 Å². The molecule has 0 saturated heterocycles. The maximum absolute atomic E-state index is 6.14. The lowest BCUT2D eigenvalue weighted by atomic mass is 10.1. The van der Waals surface area contributed by atoms with Gasteiger partial charge in [-0.1, -0.05) is 61.5 Å². The third-order valence-corrected chi connectivity index (χ3v) is 4.30. The predicted octanol–water partition coefficient (Wildman–Crippen LogP) is 6.24. The molecule has 2 nitrogen and oxygen atoms in total. The Bertz CT molecular complexity index is 631. The van der Waals surface area contributed by atoms with Crippen LogP contribution in [0.3, 0.4) is 0 Å². The third-order valence-electron chi connectivity index (χ3n) is 3.83. The van der Waals surface area contributed by atoms with Crippen molar-refractivity contribution in [3.8, 4) is 5.75 Å². The number of unbranched alkanes of at least 4 members (excludes halogenated alkanes) is 3. The van der Waals surface area contributed by atoms with Gasteiger partial charge < -0.3 is 10.1 Å². The Morgan fingerprint density at radius 1 is 0.958 bits per heavy atom. The monoisotopic (exact) mass is 365 g/mol. The van der Waals surface area contributed by atoms with Crippen molar-refractivity contribution >= 4 is 23.2 Å². The van der Waals surface area contributed by atoms with Crippen molar-refractivity contribution in [1.29, 1.82) is 0 Å². The van der Waals surface area contributed by atoms with Crippen LogP contribution in [0.2, 0.25) is 10.0 Å². The number of halogens is 2. The molecule has 2 aromatic rings. The van der Waals surface area contributed by atoms with Crippen molar-refractivity contribution in [3.63, 3.8) is 0 Å². The standard InChI is InChI=1S/C20H25Cl2NO/c1-2-3-4-5-11-23-14-17-13-19(22)9-10-20(17)24-15-16-7-6-8-18(21)12-16/h6-10,12-13,23H,2-5,11,14-15H2,1H3. The van der Waals surface area contributed by atoms with Crippen molar-refractivity contribution in [3.05, 3.63) is 63.6 Å². The van der Waals surface area contributed by atoms with Gasteiger partial charge in [0.2, 0.25) is 0 Å². The second-order valence-corrected chi connectivity index (χ2v) is 6.78. The summed E-state index contributed by atoms with van der Waals surface area (Å²) in [7, 11) is 0. The van der Waals surface area contributed by atoms with Crippen LogP contribution in [-0.2, 0) is 13.2 Å². The van der Waals surface area contributed by atoms with Gasteiger partial charge in [-0.3, -0.25) is 0 Å². The second kappa shape index (κ2) is 10.6. The molecule has 0 saturated carbocycles. The quantitative estimate of drug-likeness (QED) is 0.503. The van der Waals surface area contributed by atoms with Gasteiger partial charge in [0, 0.05) is 22.2 Å². The van der Waals surface area contributed by atoms with Crippen LogP contribution in [0.4, 0.5) is 0 Å². The molecule has 0 fully saturated rings. The predicted molar refractivity (Wildman–Crippen MR) is 103 cm³/mol. The fraction of sp³-hybridized carbons (Fsp3) is 0.400. The van der Waals surface area contributed by atoms with E-state index in [2.05, 4.69) is 12.2 Å². The number of benzene rings is 2. The largest absolute Gasteiger partial charge is 0.489 e. The molecule has 24 heavy (non-hydrogen) atoms. The van der Waals surface area contributed by atoms with Gasteiger partial charge in [0.1, 0.15) is 12.4 Å². The average molecular weight is 366 g/mol. The van der Waals surface area contributed by atoms with Crippen molar-refractivity contribution in [2.45, 2.75) is 45.8 Å². The molecule has 0 bridgehead atoms. The minimum atomic E-state index is 0.492.